The Bertz CT molecular complexity index is 448. The predicted octanol–water partition coefficient (Wildman–Crippen LogP) is 2.40. The van der Waals surface area contributed by atoms with Gasteiger partial charge in [-0.1, -0.05) is 6.92 Å². The van der Waals surface area contributed by atoms with Crippen molar-refractivity contribution in [3.63, 3.8) is 0 Å². The van der Waals surface area contributed by atoms with Crippen LogP contribution in [0.3, 0.4) is 0 Å². The van der Waals surface area contributed by atoms with Gasteiger partial charge < -0.3 is 4.74 Å². The summed E-state index contributed by atoms with van der Waals surface area (Å²) in [6.07, 6.45) is 5.63. The van der Waals surface area contributed by atoms with Crippen LogP contribution in [0.1, 0.15) is 52.3 Å². The van der Waals surface area contributed by atoms with Gasteiger partial charge in [0, 0.05) is 13.2 Å². The van der Waals surface area contributed by atoms with Crippen LogP contribution in [-0.4, -0.2) is 32.8 Å². The number of carbonyl (C=O) groups excluding carboxylic acids is 1. The third-order valence-corrected chi connectivity index (χ3v) is 4.32. The summed E-state index contributed by atoms with van der Waals surface area (Å²) in [5.74, 6) is 1.60. The van der Waals surface area contributed by atoms with Gasteiger partial charge in [-0.15, -0.1) is 0 Å². The number of aromatic nitrogens is 3. The first kappa shape index (κ1) is 15.2. The van der Waals surface area contributed by atoms with Crippen LogP contribution in [-0.2, 0) is 22.5 Å². The van der Waals surface area contributed by atoms with Crippen molar-refractivity contribution in [2.45, 2.75) is 65.0 Å². The van der Waals surface area contributed by atoms with Crippen LogP contribution in [0, 0.1) is 5.92 Å². The topological polar surface area (TPSA) is 57.0 Å². The Morgan fingerprint density at radius 3 is 2.75 bits per heavy atom. The molecule has 5 heteroatoms. The lowest BCUT2D eigenvalue weighted by molar-refractivity contribution is -0.149. The van der Waals surface area contributed by atoms with E-state index in [4.69, 9.17) is 4.74 Å². The van der Waals surface area contributed by atoms with Crippen molar-refractivity contribution in [1.82, 2.24) is 14.8 Å². The van der Waals surface area contributed by atoms with E-state index in [-0.39, 0.29) is 5.78 Å². The number of Topliss-reactive ketones (excluding diaryl/α,β-unsaturated/α-hetero) is 1. The predicted molar refractivity (Wildman–Crippen MR) is 76.4 cm³/mol. The fraction of sp³-hybridized carbons (Fsp3) is 0.800. The maximum atomic E-state index is 12.7. The zero-order chi connectivity index (χ0) is 14.6. The highest BCUT2D eigenvalue weighted by Gasteiger charge is 2.41. The fourth-order valence-corrected chi connectivity index (χ4v) is 3.00. The molecule has 0 bridgehead atoms. The fourth-order valence-electron chi connectivity index (χ4n) is 3.00. The lowest BCUT2D eigenvalue weighted by Gasteiger charge is -2.37. The zero-order valence-corrected chi connectivity index (χ0v) is 12.8. The molecule has 0 spiro atoms. The van der Waals surface area contributed by atoms with E-state index < -0.39 is 5.60 Å². The minimum atomic E-state index is -0.591. The Morgan fingerprint density at radius 2 is 2.15 bits per heavy atom. The van der Waals surface area contributed by atoms with Crippen LogP contribution < -0.4 is 0 Å². The second-order valence-corrected chi connectivity index (χ2v) is 5.70. The molecular formula is C15H25N3O2. The van der Waals surface area contributed by atoms with Crippen molar-refractivity contribution in [1.29, 1.82) is 0 Å². The number of nitrogens with zero attached hydrogens (tertiary/aromatic N) is 3. The number of aryl methyl sites for hydroxylation is 1. The second kappa shape index (κ2) is 6.48. The molecule has 1 heterocycles. The summed E-state index contributed by atoms with van der Waals surface area (Å²) in [5, 5.41) is 4.13. The molecule has 0 unspecified atom stereocenters. The maximum absolute atomic E-state index is 12.7. The van der Waals surface area contributed by atoms with Crippen molar-refractivity contribution in [2.24, 2.45) is 5.92 Å². The molecule has 0 amide bonds. The molecule has 1 saturated carbocycles. The molecule has 1 aromatic heterocycles. The molecule has 2 rings (SSSR count). The lowest BCUT2D eigenvalue weighted by Crippen LogP contribution is -2.45. The molecule has 0 aromatic carbocycles. The SMILES string of the molecule is CCOC1(C(=O)Cc2ncnn2CC)CCC(C)CC1. The van der Waals surface area contributed by atoms with Gasteiger partial charge in [0.25, 0.3) is 0 Å². The van der Waals surface area contributed by atoms with Crippen molar-refractivity contribution in [2.75, 3.05) is 6.61 Å². The molecule has 1 aromatic rings. The highest BCUT2D eigenvalue weighted by Crippen LogP contribution is 2.36. The molecule has 0 saturated heterocycles. The van der Waals surface area contributed by atoms with Crippen LogP contribution in [0.25, 0.3) is 0 Å². The summed E-state index contributed by atoms with van der Waals surface area (Å²) >= 11 is 0. The van der Waals surface area contributed by atoms with E-state index >= 15 is 0 Å². The van der Waals surface area contributed by atoms with Gasteiger partial charge in [0.2, 0.25) is 0 Å². The maximum Gasteiger partial charge on any atom is 0.172 e. The molecule has 0 N–H and O–H groups in total. The highest BCUT2D eigenvalue weighted by atomic mass is 16.5. The Labute approximate surface area is 120 Å². The standard InChI is InChI=1S/C15H25N3O2/c1-4-18-14(16-11-17-18)10-13(19)15(20-5-2)8-6-12(3)7-9-15/h11-12H,4-10H2,1-3H3. The number of carbonyl (C=O) groups is 1. The Balaban J connectivity index is 2.11. The van der Waals surface area contributed by atoms with Crippen molar-refractivity contribution in [3.05, 3.63) is 12.2 Å². The van der Waals surface area contributed by atoms with E-state index in [1.165, 1.54) is 6.33 Å². The van der Waals surface area contributed by atoms with E-state index in [9.17, 15) is 4.79 Å². The highest BCUT2D eigenvalue weighted by molar-refractivity contribution is 5.88. The molecule has 5 nitrogen and oxygen atoms in total. The number of hydrogen-bond donors (Lipinski definition) is 0. The summed E-state index contributed by atoms with van der Waals surface area (Å²) in [4.78, 5) is 16.9. The summed E-state index contributed by atoms with van der Waals surface area (Å²) in [5.41, 5.74) is -0.591. The van der Waals surface area contributed by atoms with Crippen LogP contribution in [0.2, 0.25) is 0 Å². The molecule has 0 aliphatic heterocycles. The van der Waals surface area contributed by atoms with Gasteiger partial charge in [-0.2, -0.15) is 5.10 Å². The normalized spacial score (nSPS) is 26.6. The van der Waals surface area contributed by atoms with Crippen molar-refractivity contribution < 1.29 is 9.53 Å². The summed E-state index contributed by atoms with van der Waals surface area (Å²) in [6, 6.07) is 0. The largest absolute Gasteiger partial charge is 0.367 e. The minimum Gasteiger partial charge on any atom is -0.367 e. The van der Waals surface area contributed by atoms with Gasteiger partial charge >= 0.3 is 0 Å². The van der Waals surface area contributed by atoms with Gasteiger partial charge in [0.1, 0.15) is 17.8 Å². The van der Waals surface area contributed by atoms with Gasteiger partial charge in [0.15, 0.2) is 5.78 Å². The van der Waals surface area contributed by atoms with Crippen LogP contribution in [0.5, 0.6) is 0 Å². The van der Waals surface area contributed by atoms with Crippen molar-refractivity contribution in [3.8, 4) is 0 Å². The molecule has 112 valence electrons. The number of ketones is 1. The van der Waals surface area contributed by atoms with Crippen LogP contribution in [0.4, 0.5) is 0 Å². The molecule has 20 heavy (non-hydrogen) atoms. The Hall–Kier alpha value is -1.23. The first-order valence-electron chi connectivity index (χ1n) is 7.65. The van der Waals surface area contributed by atoms with Crippen LogP contribution >= 0.6 is 0 Å². The van der Waals surface area contributed by atoms with Crippen molar-refractivity contribution >= 4 is 5.78 Å². The molecular weight excluding hydrogens is 254 g/mol. The lowest BCUT2D eigenvalue weighted by atomic mass is 9.76. The Kier molecular flexibility index (Phi) is 4.91. The third kappa shape index (κ3) is 3.08. The first-order chi connectivity index (χ1) is 9.61. The van der Waals surface area contributed by atoms with E-state index in [1.807, 2.05) is 13.8 Å². The quantitative estimate of drug-likeness (QED) is 0.802. The second-order valence-electron chi connectivity index (χ2n) is 5.70. The summed E-state index contributed by atoms with van der Waals surface area (Å²) in [7, 11) is 0. The molecule has 0 radical (unpaired) electrons. The third-order valence-electron chi connectivity index (χ3n) is 4.32. The monoisotopic (exact) mass is 279 g/mol. The minimum absolute atomic E-state index is 0.161. The Morgan fingerprint density at radius 1 is 1.45 bits per heavy atom. The smallest absolute Gasteiger partial charge is 0.172 e. The summed E-state index contributed by atoms with van der Waals surface area (Å²) in [6.45, 7) is 7.53. The number of rotatable bonds is 6. The zero-order valence-electron chi connectivity index (χ0n) is 12.8. The first-order valence-corrected chi connectivity index (χ1v) is 7.65. The van der Waals surface area contributed by atoms with E-state index in [2.05, 4.69) is 17.0 Å². The number of hydrogen-bond acceptors (Lipinski definition) is 4. The number of ether oxygens (including phenoxy) is 1. The van der Waals surface area contributed by atoms with Gasteiger partial charge in [-0.05, 0) is 45.4 Å². The van der Waals surface area contributed by atoms with E-state index in [1.54, 1.807) is 4.68 Å². The summed E-state index contributed by atoms with van der Waals surface area (Å²) < 4.78 is 7.68. The molecule has 1 aliphatic rings. The van der Waals surface area contributed by atoms with E-state index in [0.717, 1.165) is 38.1 Å². The average Bonchev–Trinajstić information content (AvgIpc) is 2.89. The van der Waals surface area contributed by atoms with Gasteiger partial charge in [-0.3, -0.25) is 4.79 Å². The molecule has 1 aliphatic carbocycles. The van der Waals surface area contributed by atoms with E-state index in [0.29, 0.717) is 18.9 Å². The molecule has 1 fully saturated rings. The van der Waals surface area contributed by atoms with Crippen LogP contribution in [0.15, 0.2) is 6.33 Å². The average molecular weight is 279 g/mol. The molecule has 0 atom stereocenters. The van der Waals surface area contributed by atoms with Gasteiger partial charge in [0.05, 0.1) is 6.42 Å². The van der Waals surface area contributed by atoms with Gasteiger partial charge in [-0.25, -0.2) is 9.67 Å².